The molecule has 3 heteroatoms. The van der Waals surface area contributed by atoms with E-state index in [-0.39, 0.29) is 11.9 Å². The van der Waals surface area contributed by atoms with E-state index in [0.29, 0.717) is 5.92 Å². The molecule has 2 aliphatic rings. The summed E-state index contributed by atoms with van der Waals surface area (Å²) < 4.78 is 0. The maximum atomic E-state index is 12.9. The molecule has 0 saturated carbocycles. The molecule has 0 aromatic heterocycles. The lowest BCUT2D eigenvalue weighted by Crippen LogP contribution is -2.39. The third-order valence-corrected chi connectivity index (χ3v) is 5.36. The zero-order chi connectivity index (χ0) is 16.0. The van der Waals surface area contributed by atoms with E-state index in [2.05, 4.69) is 54.8 Å². The molecule has 1 spiro atoms. The van der Waals surface area contributed by atoms with E-state index in [0.717, 1.165) is 24.2 Å². The maximum absolute atomic E-state index is 12.9. The normalized spacial score (nSPS) is 25.9. The largest absolute Gasteiger partial charge is 0.325 e. The molecule has 23 heavy (non-hydrogen) atoms. The predicted molar refractivity (Wildman–Crippen MR) is 92.6 cm³/mol. The molecule has 2 aromatic rings. The van der Waals surface area contributed by atoms with Crippen molar-refractivity contribution in [3.63, 3.8) is 0 Å². The third-order valence-electron chi connectivity index (χ3n) is 5.36. The van der Waals surface area contributed by atoms with Gasteiger partial charge in [0.15, 0.2) is 0 Å². The lowest BCUT2D eigenvalue weighted by atomic mass is 9.73. The number of carbonyl (C=O) groups is 1. The average Bonchev–Trinajstić information content (AvgIpc) is 3.12. The molecule has 2 atom stereocenters. The Bertz CT molecular complexity index is 750. The van der Waals surface area contributed by atoms with Gasteiger partial charge >= 0.3 is 0 Å². The van der Waals surface area contributed by atoms with Crippen molar-refractivity contribution in [2.24, 2.45) is 0 Å². The molecule has 4 rings (SSSR count). The first-order valence-corrected chi connectivity index (χ1v) is 8.37. The molecule has 3 nitrogen and oxygen atoms in total. The molecule has 0 radical (unpaired) electrons. The molecule has 2 N–H and O–H groups in total. The fourth-order valence-electron chi connectivity index (χ4n) is 4.08. The van der Waals surface area contributed by atoms with Crippen molar-refractivity contribution in [3.8, 4) is 0 Å². The Balaban J connectivity index is 1.79. The van der Waals surface area contributed by atoms with Crippen LogP contribution in [0.2, 0.25) is 0 Å². The average molecular weight is 306 g/mol. The predicted octanol–water partition coefficient (Wildman–Crippen LogP) is 3.73. The Morgan fingerprint density at radius 1 is 1.09 bits per heavy atom. The van der Waals surface area contributed by atoms with Crippen LogP contribution in [0.25, 0.3) is 0 Å². The van der Waals surface area contributed by atoms with Crippen LogP contribution in [-0.2, 0) is 10.2 Å². The first-order chi connectivity index (χ1) is 11.1. The Kier molecular flexibility index (Phi) is 3.27. The fourth-order valence-corrected chi connectivity index (χ4v) is 4.08. The molecular weight excluding hydrogens is 284 g/mol. The molecule has 1 saturated heterocycles. The van der Waals surface area contributed by atoms with Crippen LogP contribution in [-0.4, -0.2) is 12.5 Å². The van der Waals surface area contributed by atoms with Crippen LogP contribution in [0.15, 0.2) is 48.5 Å². The lowest BCUT2D eigenvalue weighted by molar-refractivity contribution is -0.121. The highest BCUT2D eigenvalue weighted by molar-refractivity contribution is 6.07. The molecule has 0 bridgehead atoms. The quantitative estimate of drug-likeness (QED) is 0.887. The Hall–Kier alpha value is -2.13. The number of rotatable bonds is 2. The molecule has 0 aliphatic carbocycles. The van der Waals surface area contributed by atoms with Gasteiger partial charge in [0, 0.05) is 5.69 Å². The molecule has 2 unspecified atom stereocenters. The number of benzene rings is 2. The van der Waals surface area contributed by atoms with E-state index in [9.17, 15) is 4.79 Å². The number of para-hydroxylation sites is 1. The molecular formula is C20H22N2O. The monoisotopic (exact) mass is 306 g/mol. The molecule has 118 valence electrons. The number of hydrogen-bond acceptors (Lipinski definition) is 2. The number of anilines is 1. The number of amides is 1. The summed E-state index contributed by atoms with van der Waals surface area (Å²) in [5, 5.41) is 6.65. The van der Waals surface area contributed by atoms with Crippen LogP contribution in [0, 0.1) is 0 Å². The Morgan fingerprint density at radius 3 is 2.57 bits per heavy atom. The summed E-state index contributed by atoms with van der Waals surface area (Å²) in [7, 11) is 0. The summed E-state index contributed by atoms with van der Waals surface area (Å²) in [5.41, 5.74) is 4.14. The van der Waals surface area contributed by atoms with Crippen LogP contribution in [0.5, 0.6) is 0 Å². The molecule has 2 aliphatic heterocycles. The van der Waals surface area contributed by atoms with E-state index >= 15 is 0 Å². The van der Waals surface area contributed by atoms with Gasteiger partial charge in [0.1, 0.15) is 0 Å². The van der Waals surface area contributed by atoms with Gasteiger partial charge in [-0.25, -0.2) is 0 Å². The van der Waals surface area contributed by atoms with Crippen molar-refractivity contribution in [2.45, 2.75) is 37.6 Å². The summed E-state index contributed by atoms with van der Waals surface area (Å²) >= 11 is 0. The van der Waals surface area contributed by atoms with Crippen molar-refractivity contribution in [1.82, 2.24) is 5.32 Å². The topological polar surface area (TPSA) is 41.1 Å². The second kappa shape index (κ2) is 5.20. The van der Waals surface area contributed by atoms with Crippen molar-refractivity contribution >= 4 is 11.6 Å². The second-order valence-corrected chi connectivity index (χ2v) is 6.93. The number of carbonyl (C=O) groups excluding carboxylic acids is 1. The van der Waals surface area contributed by atoms with Gasteiger partial charge in [0.2, 0.25) is 5.91 Å². The Labute approximate surface area is 137 Å². The summed E-state index contributed by atoms with van der Waals surface area (Å²) in [4.78, 5) is 12.9. The van der Waals surface area contributed by atoms with Gasteiger partial charge < -0.3 is 10.6 Å². The van der Waals surface area contributed by atoms with Crippen LogP contribution in [0.1, 0.15) is 48.9 Å². The molecule has 2 heterocycles. The van der Waals surface area contributed by atoms with Gasteiger partial charge in [0.05, 0.1) is 11.5 Å². The van der Waals surface area contributed by atoms with E-state index in [1.54, 1.807) is 0 Å². The lowest BCUT2D eigenvalue weighted by Gasteiger charge is -2.29. The van der Waals surface area contributed by atoms with Crippen molar-refractivity contribution in [1.29, 1.82) is 0 Å². The highest BCUT2D eigenvalue weighted by atomic mass is 16.2. The zero-order valence-electron chi connectivity index (χ0n) is 13.6. The molecule has 2 aromatic carbocycles. The molecule has 1 fully saturated rings. The Morgan fingerprint density at radius 2 is 1.83 bits per heavy atom. The van der Waals surface area contributed by atoms with Crippen LogP contribution in [0.4, 0.5) is 5.69 Å². The smallest absolute Gasteiger partial charge is 0.237 e. The zero-order valence-corrected chi connectivity index (χ0v) is 13.6. The fraction of sp³-hybridized carbons (Fsp3) is 0.350. The summed E-state index contributed by atoms with van der Waals surface area (Å²) in [6.45, 7) is 5.26. The van der Waals surface area contributed by atoms with Crippen molar-refractivity contribution in [2.75, 3.05) is 11.9 Å². The number of fused-ring (bicyclic) bond motifs is 2. The van der Waals surface area contributed by atoms with E-state index < -0.39 is 5.41 Å². The van der Waals surface area contributed by atoms with E-state index in [1.807, 2.05) is 18.2 Å². The first-order valence-electron chi connectivity index (χ1n) is 8.37. The molecule has 1 amide bonds. The SMILES string of the molecule is CC(C)c1ccc(C2NCCC23C(=O)Nc2ccccc23)cc1. The van der Waals surface area contributed by atoms with Gasteiger partial charge in [-0.1, -0.05) is 56.3 Å². The van der Waals surface area contributed by atoms with Gasteiger partial charge in [-0.2, -0.15) is 0 Å². The van der Waals surface area contributed by atoms with Crippen LogP contribution < -0.4 is 10.6 Å². The summed E-state index contributed by atoms with van der Waals surface area (Å²) in [5.74, 6) is 0.645. The van der Waals surface area contributed by atoms with Gasteiger partial charge in [0.25, 0.3) is 0 Å². The van der Waals surface area contributed by atoms with Gasteiger partial charge in [-0.3, -0.25) is 4.79 Å². The minimum Gasteiger partial charge on any atom is -0.325 e. The van der Waals surface area contributed by atoms with E-state index in [1.165, 1.54) is 11.1 Å². The second-order valence-electron chi connectivity index (χ2n) is 6.93. The van der Waals surface area contributed by atoms with Crippen molar-refractivity contribution in [3.05, 3.63) is 65.2 Å². The van der Waals surface area contributed by atoms with Crippen molar-refractivity contribution < 1.29 is 4.79 Å². The maximum Gasteiger partial charge on any atom is 0.237 e. The van der Waals surface area contributed by atoms with Gasteiger partial charge in [-0.15, -0.1) is 0 Å². The van der Waals surface area contributed by atoms with E-state index in [4.69, 9.17) is 0 Å². The first kappa shape index (κ1) is 14.5. The number of hydrogen-bond donors (Lipinski definition) is 2. The summed E-state index contributed by atoms with van der Waals surface area (Å²) in [6.07, 6.45) is 0.840. The minimum atomic E-state index is -0.476. The standard InChI is InChI=1S/C20H22N2O/c1-13(2)14-7-9-15(10-8-14)18-20(11-12-21-18)16-5-3-4-6-17(16)22-19(20)23/h3-10,13,18,21H,11-12H2,1-2H3,(H,22,23). The van der Waals surface area contributed by atoms with Crippen LogP contribution >= 0.6 is 0 Å². The minimum absolute atomic E-state index is 0.0346. The highest BCUT2D eigenvalue weighted by Crippen LogP contribution is 2.50. The number of nitrogens with one attached hydrogen (secondary N) is 2. The van der Waals surface area contributed by atoms with Crippen LogP contribution in [0.3, 0.4) is 0 Å². The summed E-state index contributed by atoms with van der Waals surface area (Å²) in [6, 6.07) is 16.9. The highest BCUT2D eigenvalue weighted by Gasteiger charge is 2.55. The van der Waals surface area contributed by atoms with Gasteiger partial charge in [-0.05, 0) is 41.6 Å². The third kappa shape index (κ3) is 2.03.